The minimum absolute atomic E-state index is 0.249. The molecule has 180 valence electrons. The third kappa shape index (κ3) is 4.43. The molecule has 1 saturated heterocycles. The number of nitrogens with one attached hydrogen (secondary N) is 1. The number of likely N-dealkylation sites (tertiary alicyclic amines) is 1. The quantitative estimate of drug-likeness (QED) is 0.312. The molecule has 0 radical (unpaired) electrons. The second kappa shape index (κ2) is 8.68. The predicted octanol–water partition coefficient (Wildman–Crippen LogP) is 7.16. The first-order valence-electron chi connectivity index (χ1n) is 10.8. The Labute approximate surface area is 196 Å². The smallest absolute Gasteiger partial charge is 0.418 e. The van der Waals surface area contributed by atoms with Gasteiger partial charge in [-0.25, -0.2) is 18.6 Å². The fourth-order valence-corrected chi connectivity index (χ4v) is 4.24. The van der Waals surface area contributed by atoms with Crippen LogP contribution in [-0.4, -0.2) is 22.5 Å². The lowest BCUT2D eigenvalue weighted by molar-refractivity contribution is -0.136. The summed E-state index contributed by atoms with van der Waals surface area (Å²) in [5, 5.41) is 2.36. The van der Waals surface area contributed by atoms with Crippen LogP contribution >= 0.6 is 0 Å². The van der Waals surface area contributed by atoms with Crippen molar-refractivity contribution in [1.29, 1.82) is 0 Å². The Balaban J connectivity index is 1.40. The van der Waals surface area contributed by atoms with Gasteiger partial charge in [0.25, 0.3) is 0 Å². The number of hydrogen-bond acceptors (Lipinski definition) is 3. The van der Waals surface area contributed by atoms with E-state index in [9.17, 15) is 26.7 Å². The van der Waals surface area contributed by atoms with Crippen LogP contribution in [0.2, 0.25) is 0 Å². The van der Waals surface area contributed by atoms with Crippen LogP contribution in [0.3, 0.4) is 0 Å². The average molecular weight is 487 g/mol. The number of nitrogens with zero attached hydrogens (tertiary/aromatic N) is 2. The number of para-hydroxylation sites is 1. The van der Waals surface area contributed by atoms with E-state index in [0.717, 1.165) is 18.2 Å². The number of rotatable bonds is 3. The van der Waals surface area contributed by atoms with Gasteiger partial charge in [-0.3, -0.25) is 0 Å². The molecule has 1 aromatic heterocycles. The van der Waals surface area contributed by atoms with E-state index in [0.29, 0.717) is 41.6 Å². The summed E-state index contributed by atoms with van der Waals surface area (Å²) in [5.41, 5.74) is 0.680. The summed E-state index contributed by atoms with van der Waals surface area (Å²) >= 11 is 0. The Kier molecular flexibility index (Phi) is 5.66. The molecule has 35 heavy (non-hydrogen) atoms. The second-order valence-corrected chi connectivity index (χ2v) is 8.19. The highest BCUT2D eigenvalue weighted by Crippen LogP contribution is 2.37. The summed E-state index contributed by atoms with van der Waals surface area (Å²) in [6.07, 6.45) is -3.46. The zero-order chi connectivity index (χ0) is 24.7. The summed E-state index contributed by atoms with van der Waals surface area (Å²) < 4.78 is 72.7. The fraction of sp³-hybridized carbons (Fsp3) is 0.200. The molecule has 0 spiro atoms. The molecule has 1 fully saturated rings. The van der Waals surface area contributed by atoms with Gasteiger partial charge in [0.1, 0.15) is 11.6 Å². The molecule has 2 heterocycles. The zero-order valence-electron chi connectivity index (χ0n) is 18.1. The molecule has 10 heteroatoms. The van der Waals surface area contributed by atoms with Crippen molar-refractivity contribution in [2.45, 2.75) is 25.1 Å². The first-order valence-corrected chi connectivity index (χ1v) is 10.8. The maximum absolute atomic E-state index is 13.6. The van der Waals surface area contributed by atoms with Crippen LogP contribution in [0.1, 0.15) is 30.3 Å². The van der Waals surface area contributed by atoms with Gasteiger partial charge in [0, 0.05) is 6.54 Å². The van der Waals surface area contributed by atoms with Crippen LogP contribution in [0.15, 0.2) is 65.1 Å². The number of urea groups is 1. The first kappa shape index (κ1) is 22.8. The maximum Gasteiger partial charge on any atom is 0.418 e. The normalized spacial score (nSPS) is 16.1. The molecule has 1 N–H and O–H groups in total. The van der Waals surface area contributed by atoms with E-state index in [-0.39, 0.29) is 11.6 Å². The predicted molar refractivity (Wildman–Crippen MR) is 119 cm³/mol. The number of amides is 2. The van der Waals surface area contributed by atoms with Gasteiger partial charge < -0.3 is 14.6 Å². The minimum Gasteiger partial charge on any atom is -0.438 e. The number of halogens is 5. The van der Waals surface area contributed by atoms with E-state index in [1.54, 1.807) is 18.2 Å². The van der Waals surface area contributed by atoms with E-state index in [1.807, 2.05) is 0 Å². The van der Waals surface area contributed by atoms with Crippen LogP contribution in [-0.2, 0) is 6.18 Å². The van der Waals surface area contributed by atoms with Gasteiger partial charge >= 0.3 is 12.2 Å². The number of carbonyl (C=O) groups is 1. The van der Waals surface area contributed by atoms with Gasteiger partial charge in [0.2, 0.25) is 5.89 Å². The van der Waals surface area contributed by atoms with E-state index in [1.165, 1.54) is 29.2 Å². The van der Waals surface area contributed by atoms with Crippen LogP contribution in [0.5, 0.6) is 0 Å². The van der Waals surface area contributed by atoms with Crippen LogP contribution in [0.4, 0.5) is 32.4 Å². The molecule has 1 aliphatic rings. The highest BCUT2D eigenvalue weighted by atomic mass is 19.4. The SMILES string of the molecule is O=C(Nc1ccccc1C(F)(F)F)N1CCCC1c1nc2cc(-c3ccc(F)c(F)c3)ccc2o1. The Hall–Kier alpha value is -3.95. The molecule has 0 aliphatic carbocycles. The van der Waals surface area contributed by atoms with Crippen LogP contribution in [0, 0.1) is 11.6 Å². The van der Waals surface area contributed by atoms with Crippen molar-refractivity contribution < 1.29 is 31.2 Å². The lowest BCUT2D eigenvalue weighted by atomic mass is 10.1. The van der Waals surface area contributed by atoms with Crippen LogP contribution in [0.25, 0.3) is 22.2 Å². The Morgan fingerprint density at radius 1 is 1.00 bits per heavy atom. The summed E-state index contributed by atoms with van der Waals surface area (Å²) in [4.78, 5) is 18.8. The molecular weight excluding hydrogens is 469 g/mol. The lowest BCUT2D eigenvalue weighted by Crippen LogP contribution is -2.35. The summed E-state index contributed by atoms with van der Waals surface area (Å²) in [7, 11) is 0. The Bertz CT molecular complexity index is 1420. The number of alkyl halides is 3. The molecule has 5 nitrogen and oxygen atoms in total. The molecule has 1 unspecified atom stereocenters. The van der Waals surface area contributed by atoms with Crippen LogP contribution < -0.4 is 5.32 Å². The molecule has 0 saturated carbocycles. The van der Waals surface area contributed by atoms with Crippen molar-refractivity contribution >= 4 is 22.8 Å². The summed E-state index contributed by atoms with van der Waals surface area (Å²) in [5.74, 6) is -1.67. The first-order chi connectivity index (χ1) is 16.7. The van der Waals surface area contributed by atoms with Crippen molar-refractivity contribution in [1.82, 2.24) is 9.88 Å². The van der Waals surface area contributed by atoms with Crippen molar-refractivity contribution in [3.63, 3.8) is 0 Å². The van der Waals surface area contributed by atoms with Crippen molar-refractivity contribution in [2.24, 2.45) is 0 Å². The van der Waals surface area contributed by atoms with E-state index < -0.39 is 35.4 Å². The highest BCUT2D eigenvalue weighted by molar-refractivity contribution is 5.91. The van der Waals surface area contributed by atoms with Crippen molar-refractivity contribution in [3.05, 3.63) is 83.8 Å². The number of benzene rings is 3. The Morgan fingerprint density at radius 2 is 1.74 bits per heavy atom. The van der Waals surface area contributed by atoms with Gasteiger partial charge in [-0.2, -0.15) is 13.2 Å². The number of aromatic nitrogens is 1. The highest BCUT2D eigenvalue weighted by Gasteiger charge is 2.37. The monoisotopic (exact) mass is 487 g/mol. The molecule has 3 aromatic carbocycles. The van der Waals surface area contributed by atoms with Gasteiger partial charge in [0.15, 0.2) is 17.2 Å². The van der Waals surface area contributed by atoms with E-state index in [4.69, 9.17) is 4.42 Å². The maximum atomic E-state index is 13.6. The molecular formula is C25H18F5N3O2. The van der Waals surface area contributed by atoms with E-state index in [2.05, 4.69) is 10.3 Å². The van der Waals surface area contributed by atoms with Crippen molar-refractivity contribution in [2.75, 3.05) is 11.9 Å². The lowest BCUT2D eigenvalue weighted by Gasteiger charge is -2.23. The topological polar surface area (TPSA) is 58.4 Å². The van der Waals surface area contributed by atoms with Gasteiger partial charge in [-0.05, 0) is 60.4 Å². The molecule has 0 bridgehead atoms. The molecule has 1 atom stereocenters. The number of hydrogen-bond donors (Lipinski definition) is 1. The third-order valence-corrected chi connectivity index (χ3v) is 5.93. The number of anilines is 1. The summed E-state index contributed by atoms with van der Waals surface area (Å²) in [6, 6.07) is 12.1. The zero-order valence-corrected chi connectivity index (χ0v) is 18.1. The molecule has 5 rings (SSSR count). The largest absolute Gasteiger partial charge is 0.438 e. The third-order valence-electron chi connectivity index (χ3n) is 5.93. The minimum atomic E-state index is -4.61. The number of oxazole rings is 1. The van der Waals surface area contributed by atoms with Gasteiger partial charge in [0.05, 0.1) is 11.3 Å². The number of fused-ring (bicyclic) bond motifs is 1. The second-order valence-electron chi connectivity index (χ2n) is 8.19. The number of carbonyl (C=O) groups excluding carboxylic acids is 1. The van der Waals surface area contributed by atoms with Gasteiger partial charge in [-0.1, -0.05) is 24.3 Å². The molecule has 2 amide bonds. The van der Waals surface area contributed by atoms with E-state index >= 15 is 0 Å². The molecule has 4 aromatic rings. The standard InChI is InChI=1S/C25H18F5N3O2/c26-17-9-7-14(12-18(17)27)15-8-10-22-20(13-15)31-23(35-22)21-6-3-11-33(21)24(34)32-19-5-2-1-4-16(19)25(28,29)30/h1-2,4-5,7-10,12-13,21H,3,6,11H2,(H,32,34). The van der Waals surface area contributed by atoms with Crippen molar-refractivity contribution in [3.8, 4) is 11.1 Å². The fourth-order valence-electron chi connectivity index (χ4n) is 4.24. The Morgan fingerprint density at radius 3 is 2.51 bits per heavy atom. The average Bonchev–Trinajstić information content (AvgIpc) is 3.47. The molecule has 1 aliphatic heterocycles. The van der Waals surface area contributed by atoms with Gasteiger partial charge in [-0.15, -0.1) is 0 Å². The summed E-state index contributed by atoms with van der Waals surface area (Å²) in [6.45, 7) is 0.323.